The summed E-state index contributed by atoms with van der Waals surface area (Å²) >= 11 is 0. The van der Waals surface area contributed by atoms with E-state index < -0.39 is 0 Å². The van der Waals surface area contributed by atoms with Crippen LogP contribution in [0.4, 0.5) is 5.69 Å². The van der Waals surface area contributed by atoms with E-state index in [1.54, 1.807) is 6.20 Å². The van der Waals surface area contributed by atoms with Crippen LogP contribution in [0.2, 0.25) is 0 Å². The number of fused-ring (bicyclic) bond motifs is 1. The lowest BCUT2D eigenvalue weighted by molar-refractivity contribution is 0.969. The Labute approximate surface area is 147 Å². The van der Waals surface area contributed by atoms with Crippen LogP contribution in [0.3, 0.4) is 0 Å². The van der Waals surface area contributed by atoms with Gasteiger partial charge in [0.25, 0.3) is 0 Å². The van der Waals surface area contributed by atoms with Crippen molar-refractivity contribution in [3.8, 4) is 17.1 Å². The summed E-state index contributed by atoms with van der Waals surface area (Å²) in [5, 5.41) is 1.01. The third kappa shape index (κ3) is 2.30. The molecule has 4 rings (SSSR count). The molecule has 3 aromatic heterocycles. The van der Waals surface area contributed by atoms with Crippen molar-refractivity contribution in [2.24, 2.45) is 0 Å². The third-order valence-electron chi connectivity index (χ3n) is 4.86. The maximum absolute atomic E-state index is 6.54. The van der Waals surface area contributed by atoms with Gasteiger partial charge in [-0.3, -0.25) is 4.57 Å². The number of pyridine rings is 2. The van der Waals surface area contributed by atoms with E-state index in [0.29, 0.717) is 0 Å². The molecule has 1 aromatic carbocycles. The number of aryl methyl sites for hydroxylation is 1. The minimum atomic E-state index is 0.791. The molecule has 4 nitrogen and oxygen atoms in total. The van der Waals surface area contributed by atoms with Crippen molar-refractivity contribution in [1.82, 2.24) is 14.5 Å². The van der Waals surface area contributed by atoms with Gasteiger partial charge < -0.3 is 5.73 Å². The largest absolute Gasteiger partial charge is 0.398 e. The predicted molar refractivity (Wildman–Crippen MR) is 103 cm³/mol. The number of hydrogen-bond donors (Lipinski definition) is 1. The average Bonchev–Trinajstić information content (AvgIpc) is 2.90. The smallest absolute Gasteiger partial charge is 0.148 e. The molecule has 0 saturated carbocycles. The van der Waals surface area contributed by atoms with Crippen LogP contribution in [0.5, 0.6) is 0 Å². The van der Waals surface area contributed by atoms with Crippen molar-refractivity contribution >= 4 is 16.7 Å². The summed E-state index contributed by atoms with van der Waals surface area (Å²) in [6.07, 6.45) is 1.80. The molecule has 0 aliphatic rings. The highest BCUT2D eigenvalue weighted by Gasteiger charge is 2.20. The van der Waals surface area contributed by atoms with E-state index in [9.17, 15) is 0 Å². The molecule has 4 heteroatoms. The molecule has 0 fully saturated rings. The van der Waals surface area contributed by atoms with E-state index >= 15 is 0 Å². The molecule has 0 atom stereocenters. The molecule has 0 radical (unpaired) electrons. The van der Waals surface area contributed by atoms with Crippen LogP contribution in [-0.2, 0) is 0 Å². The van der Waals surface area contributed by atoms with Crippen LogP contribution in [0.25, 0.3) is 28.1 Å². The highest BCUT2D eigenvalue weighted by Crippen LogP contribution is 2.36. The quantitative estimate of drug-likeness (QED) is 0.585. The number of benzene rings is 1. The van der Waals surface area contributed by atoms with Crippen molar-refractivity contribution in [1.29, 1.82) is 0 Å². The van der Waals surface area contributed by atoms with Gasteiger partial charge in [-0.2, -0.15) is 0 Å². The zero-order valence-electron chi connectivity index (χ0n) is 14.6. The molecule has 124 valence electrons. The summed E-state index contributed by atoms with van der Waals surface area (Å²) in [7, 11) is 0. The van der Waals surface area contributed by atoms with Gasteiger partial charge in [-0.1, -0.05) is 36.4 Å². The Morgan fingerprint density at radius 2 is 1.60 bits per heavy atom. The Kier molecular flexibility index (Phi) is 3.53. The first kappa shape index (κ1) is 15.4. The molecule has 2 N–H and O–H groups in total. The molecule has 0 bridgehead atoms. The average molecular weight is 328 g/mol. The summed E-state index contributed by atoms with van der Waals surface area (Å²) in [6, 6.07) is 16.1. The molecule has 25 heavy (non-hydrogen) atoms. The van der Waals surface area contributed by atoms with Crippen LogP contribution in [0.1, 0.15) is 16.8 Å². The Morgan fingerprint density at radius 3 is 2.28 bits per heavy atom. The Bertz CT molecular complexity index is 1060. The first-order chi connectivity index (χ1) is 12.1. The molecule has 0 unspecified atom stereocenters. The van der Waals surface area contributed by atoms with E-state index in [0.717, 1.165) is 50.6 Å². The second-order valence-corrected chi connectivity index (χ2v) is 6.30. The minimum Gasteiger partial charge on any atom is -0.398 e. The fourth-order valence-corrected chi connectivity index (χ4v) is 3.36. The van der Waals surface area contributed by atoms with E-state index in [2.05, 4.69) is 35.5 Å². The topological polar surface area (TPSA) is 56.7 Å². The van der Waals surface area contributed by atoms with Crippen molar-refractivity contribution in [3.05, 3.63) is 71.5 Å². The van der Waals surface area contributed by atoms with Gasteiger partial charge in [0.05, 0.1) is 5.69 Å². The van der Waals surface area contributed by atoms with Crippen molar-refractivity contribution in [3.63, 3.8) is 0 Å². The van der Waals surface area contributed by atoms with Crippen molar-refractivity contribution in [2.75, 3.05) is 5.73 Å². The molecule has 0 spiro atoms. The fourth-order valence-electron chi connectivity index (χ4n) is 3.36. The zero-order valence-corrected chi connectivity index (χ0v) is 14.6. The second-order valence-electron chi connectivity index (χ2n) is 6.30. The van der Waals surface area contributed by atoms with Crippen LogP contribution in [-0.4, -0.2) is 14.5 Å². The van der Waals surface area contributed by atoms with Gasteiger partial charge in [0.15, 0.2) is 0 Å². The maximum atomic E-state index is 6.54. The van der Waals surface area contributed by atoms with Crippen molar-refractivity contribution < 1.29 is 0 Å². The van der Waals surface area contributed by atoms with Gasteiger partial charge in [-0.25, -0.2) is 9.97 Å². The maximum Gasteiger partial charge on any atom is 0.148 e. The lowest BCUT2D eigenvalue weighted by atomic mass is 10.0. The van der Waals surface area contributed by atoms with Crippen LogP contribution in [0.15, 0.2) is 54.7 Å². The molecule has 0 amide bonds. The van der Waals surface area contributed by atoms with Gasteiger partial charge in [0, 0.05) is 28.5 Å². The first-order valence-electron chi connectivity index (χ1n) is 8.34. The minimum absolute atomic E-state index is 0.791. The normalized spacial score (nSPS) is 11.2. The summed E-state index contributed by atoms with van der Waals surface area (Å²) in [6.45, 7) is 6.22. The summed E-state index contributed by atoms with van der Waals surface area (Å²) in [4.78, 5) is 9.52. The molecular formula is C21H20N4. The Hall–Kier alpha value is -3.14. The molecule has 0 aliphatic heterocycles. The molecule has 3 heterocycles. The van der Waals surface area contributed by atoms with E-state index in [-0.39, 0.29) is 0 Å². The first-order valence-corrected chi connectivity index (χ1v) is 8.34. The molecule has 4 aromatic rings. The monoisotopic (exact) mass is 328 g/mol. The van der Waals surface area contributed by atoms with E-state index in [1.807, 2.05) is 43.3 Å². The lowest BCUT2D eigenvalue weighted by Gasteiger charge is -2.12. The standard InChI is InChI=1S/C21H20N4/c1-13-15(3)25(17-11-7-8-12-23-17)21-18(13)19(22)14(2)20(24-21)16-9-5-4-6-10-16/h4-12H,1-3H3,(H2,22,24). The number of anilines is 1. The van der Waals surface area contributed by atoms with Crippen LogP contribution in [0, 0.1) is 20.8 Å². The zero-order chi connectivity index (χ0) is 17.6. The Balaban J connectivity index is 2.12. The Morgan fingerprint density at radius 1 is 0.880 bits per heavy atom. The van der Waals surface area contributed by atoms with E-state index in [1.165, 1.54) is 0 Å². The SMILES string of the molecule is Cc1c(-c2ccccc2)nc2c(c(C)c(C)n2-c2ccccn2)c1N. The number of nitrogens with two attached hydrogens (primary N) is 1. The number of rotatable bonds is 2. The van der Waals surface area contributed by atoms with Crippen LogP contribution < -0.4 is 5.73 Å². The van der Waals surface area contributed by atoms with E-state index in [4.69, 9.17) is 10.7 Å². The third-order valence-corrected chi connectivity index (χ3v) is 4.86. The highest BCUT2D eigenvalue weighted by atomic mass is 15.1. The second kappa shape index (κ2) is 5.74. The van der Waals surface area contributed by atoms with Crippen LogP contribution >= 0.6 is 0 Å². The number of aromatic nitrogens is 3. The molecular weight excluding hydrogens is 308 g/mol. The number of nitrogen functional groups attached to an aromatic ring is 1. The van der Waals surface area contributed by atoms with Gasteiger partial charge in [0.2, 0.25) is 0 Å². The number of nitrogens with zero attached hydrogens (tertiary/aromatic N) is 3. The fraction of sp³-hybridized carbons (Fsp3) is 0.143. The predicted octanol–water partition coefficient (Wildman–Crippen LogP) is 4.59. The molecule has 0 saturated heterocycles. The summed E-state index contributed by atoms with van der Waals surface area (Å²) in [5.41, 5.74) is 13.4. The van der Waals surface area contributed by atoms with Crippen molar-refractivity contribution in [2.45, 2.75) is 20.8 Å². The number of hydrogen-bond acceptors (Lipinski definition) is 3. The lowest BCUT2D eigenvalue weighted by Crippen LogP contribution is -2.03. The highest BCUT2D eigenvalue weighted by molar-refractivity contribution is 5.98. The summed E-state index contributed by atoms with van der Waals surface area (Å²) < 4.78 is 2.09. The van der Waals surface area contributed by atoms with Gasteiger partial charge in [-0.15, -0.1) is 0 Å². The van der Waals surface area contributed by atoms with Gasteiger partial charge >= 0.3 is 0 Å². The molecule has 0 aliphatic carbocycles. The van der Waals surface area contributed by atoms with Gasteiger partial charge in [0.1, 0.15) is 11.5 Å². The van der Waals surface area contributed by atoms with Gasteiger partial charge in [-0.05, 0) is 44.0 Å². The summed E-state index contributed by atoms with van der Waals surface area (Å²) in [5.74, 6) is 0.855.